The lowest BCUT2D eigenvalue weighted by molar-refractivity contribution is -0.136. The van der Waals surface area contributed by atoms with Crippen LogP contribution in [0, 0.1) is 12.8 Å². The fraction of sp³-hybridized carbons (Fsp3) is 0.435. The second-order valence-electron chi connectivity index (χ2n) is 7.85. The number of aryl methyl sites for hydroxylation is 1. The Morgan fingerprint density at radius 2 is 2.10 bits per heavy atom. The number of anilines is 1. The first-order chi connectivity index (χ1) is 13.9. The summed E-state index contributed by atoms with van der Waals surface area (Å²) in [7, 11) is 0. The maximum Gasteiger partial charge on any atom is 0.260 e. The fourth-order valence-corrected chi connectivity index (χ4v) is 3.45. The van der Waals surface area contributed by atoms with Crippen LogP contribution in [-0.4, -0.2) is 41.4 Å². The highest BCUT2D eigenvalue weighted by atomic mass is 16.5. The van der Waals surface area contributed by atoms with Gasteiger partial charge in [0.2, 0.25) is 5.91 Å². The normalized spacial score (nSPS) is 16.6. The monoisotopic (exact) mass is 395 g/mol. The molecule has 1 N–H and O–H groups in total. The number of rotatable bonds is 6. The first kappa shape index (κ1) is 20.8. The van der Waals surface area contributed by atoms with E-state index in [9.17, 15) is 9.59 Å². The summed E-state index contributed by atoms with van der Waals surface area (Å²) < 4.78 is 5.72. The zero-order valence-corrected chi connectivity index (χ0v) is 17.4. The zero-order valence-electron chi connectivity index (χ0n) is 17.4. The minimum atomic E-state index is -0.238. The Morgan fingerprint density at radius 1 is 1.28 bits per heavy atom. The third kappa shape index (κ3) is 5.56. The van der Waals surface area contributed by atoms with Gasteiger partial charge in [-0.05, 0) is 55.0 Å². The molecule has 3 rings (SSSR count). The summed E-state index contributed by atoms with van der Waals surface area (Å²) in [5.41, 5.74) is 2.09. The van der Waals surface area contributed by atoms with E-state index in [4.69, 9.17) is 4.74 Å². The Kier molecular flexibility index (Phi) is 6.86. The van der Waals surface area contributed by atoms with E-state index in [0.29, 0.717) is 30.6 Å². The lowest BCUT2D eigenvalue weighted by atomic mass is 9.97. The molecule has 0 bridgehead atoms. The van der Waals surface area contributed by atoms with Crippen LogP contribution >= 0.6 is 0 Å². The van der Waals surface area contributed by atoms with Gasteiger partial charge in [0.15, 0.2) is 6.61 Å². The summed E-state index contributed by atoms with van der Waals surface area (Å²) in [5, 5.41) is 2.89. The molecule has 2 aromatic rings. The van der Waals surface area contributed by atoms with Crippen molar-refractivity contribution in [2.24, 2.45) is 5.92 Å². The first-order valence-corrected chi connectivity index (χ1v) is 10.2. The topological polar surface area (TPSA) is 71.5 Å². The van der Waals surface area contributed by atoms with Crippen LogP contribution in [0.3, 0.4) is 0 Å². The Balaban J connectivity index is 1.54. The number of likely N-dealkylation sites (tertiary alicyclic amines) is 1. The Morgan fingerprint density at radius 3 is 2.86 bits per heavy atom. The number of benzene rings is 1. The lowest BCUT2D eigenvalue weighted by Crippen LogP contribution is -2.45. The maximum absolute atomic E-state index is 12.6. The average Bonchev–Trinajstić information content (AvgIpc) is 2.74. The van der Waals surface area contributed by atoms with E-state index in [-0.39, 0.29) is 24.3 Å². The number of carbonyl (C=O) groups is 2. The number of pyridine rings is 1. The molecule has 2 heterocycles. The third-order valence-electron chi connectivity index (χ3n) is 5.28. The van der Waals surface area contributed by atoms with Crippen LogP contribution in [0.15, 0.2) is 42.6 Å². The number of hydrogen-bond acceptors (Lipinski definition) is 4. The van der Waals surface area contributed by atoms with Crippen molar-refractivity contribution in [3.8, 4) is 5.75 Å². The van der Waals surface area contributed by atoms with Crippen molar-refractivity contribution in [3.63, 3.8) is 0 Å². The van der Waals surface area contributed by atoms with Gasteiger partial charge in [0.05, 0.1) is 5.92 Å². The van der Waals surface area contributed by atoms with Crippen LogP contribution in [-0.2, 0) is 9.59 Å². The van der Waals surface area contributed by atoms with E-state index >= 15 is 0 Å². The molecule has 154 valence electrons. The standard InChI is InChI=1S/C23H29N3O3/c1-16(2)18-8-4-10-20(13-18)29-15-21(27)26-12-6-9-19(14-26)23(28)25-22-17(3)7-5-11-24-22/h4-5,7-8,10-11,13,16,19H,6,9,12,14-15H2,1-3H3,(H,24,25,28). The van der Waals surface area contributed by atoms with Crippen LogP contribution in [0.5, 0.6) is 5.75 Å². The second kappa shape index (κ2) is 9.54. The van der Waals surface area contributed by atoms with Gasteiger partial charge in [0.1, 0.15) is 11.6 Å². The molecule has 1 aliphatic rings. The van der Waals surface area contributed by atoms with Gasteiger partial charge in [0, 0.05) is 19.3 Å². The van der Waals surface area contributed by atoms with E-state index in [1.807, 2.05) is 37.3 Å². The summed E-state index contributed by atoms with van der Waals surface area (Å²) in [6.07, 6.45) is 3.22. The van der Waals surface area contributed by atoms with Crippen molar-refractivity contribution >= 4 is 17.6 Å². The molecule has 0 aliphatic carbocycles. The van der Waals surface area contributed by atoms with Gasteiger partial charge >= 0.3 is 0 Å². The number of hydrogen-bond donors (Lipinski definition) is 1. The fourth-order valence-electron chi connectivity index (χ4n) is 3.45. The van der Waals surface area contributed by atoms with Crippen LogP contribution in [0.4, 0.5) is 5.82 Å². The molecular weight excluding hydrogens is 366 g/mol. The van der Waals surface area contributed by atoms with Crippen molar-refractivity contribution in [1.29, 1.82) is 0 Å². The number of nitrogens with one attached hydrogen (secondary N) is 1. The van der Waals surface area contributed by atoms with E-state index in [1.54, 1.807) is 11.1 Å². The molecule has 6 heteroatoms. The van der Waals surface area contributed by atoms with Crippen molar-refractivity contribution in [1.82, 2.24) is 9.88 Å². The summed E-state index contributed by atoms with van der Waals surface area (Å²) >= 11 is 0. The quantitative estimate of drug-likeness (QED) is 0.808. The highest BCUT2D eigenvalue weighted by Gasteiger charge is 2.29. The molecule has 1 unspecified atom stereocenters. The third-order valence-corrected chi connectivity index (χ3v) is 5.28. The Bertz CT molecular complexity index is 866. The zero-order chi connectivity index (χ0) is 20.8. The number of amides is 2. The number of nitrogens with zero attached hydrogens (tertiary/aromatic N) is 2. The smallest absolute Gasteiger partial charge is 0.260 e. The number of piperidine rings is 1. The van der Waals surface area contributed by atoms with Gasteiger partial charge in [-0.15, -0.1) is 0 Å². The van der Waals surface area contributed by atoms with Gasteiger partial charge in [0.25, 0.3) is 5.91 Å². The van der Waals surface area contributed by atoms with E-state index in [2.05, 4.69) is 30.2 Å². The predicted molar refractivity (Wildman–Crippen MR) is 113 cm³/mol. The molecule has 1 saturated heterocycles. The highest BCUT2D eigenvalue weighted by Crippen LogP contribution is 2.22. The van der Waals surface area contributed by atoms with Crippen LogP contribution in [0.1, 0.15) is 43.7 Å². The highest BCUT2D eigenvalue weighted by molar-refractivity contribution is 5.93. The Hall–Kier alpha value is -2.89. The lowest BCUT2D eigenvalue weighted by Gasteiger charge is -2.32. The summed E-state index contributed by atoms with van der Waals surface area (Å²) in [6.45, 7) is 7.19. The molecule has 6 nitrogen and oxygen atoms in total. The van der Waals surface area contributed by atoms with Gasteiger partial charge in [-0.3, -0.25) is 9.59 Å². The molecule has 1 atom stereocenters. The second-order valence-corrected chi connectivity index (χ2v) is 7.85. The summed E-state index contributed by atoms with van der Waals surface area (Å²) in [6, 6.07) is 11.6. The molecule has 1 fully saturated rings. The predicted octanol–water partition coefficient (Wildman–Crippen LogP) is 3.77. The maximum atomic E-state index is 12.6. The van der Waals surface area contributed by atoms with Crippen molar-refractivity contribution < 1.29 is 14.3 Å². The SMILES string of the molecule is Cc1cccnc1NC(=O)C1CCCN(C(=O)COc2cccc(C(C)C)c2)C1. The minimum absolute atomic E-state index is 0.0186. The number of carbonyl (C=O) groups excluding carboxylic acids is 2. The van der Waals surface area contributed by atoms with E-state index in [1.165, 1.54) is 5.56 Å². The van der Waals surface area contributed by atoms with Gasteiger partial charge in [-0.25, -0.2) is 4.98 Å². The largest absolute Gasteiger partial charge is 0.484 e. The van der Waals surface area contributed by atoms with E-state index in [0.717, 1.165) is 18.4 Å². The molecule has 1 aromatic heterocycles. The molecule has 0 saturated carbocycles. The number of ether oxygens (including phenoxy) is 1. The molecular formula is C23H29N3O3. The Labute approximate surface area is 172 Å². The summed E-state index contributed by atoms with van der Waals surface area (Å²) in [5.74, 6) is 1.26. The molecule has 0 spiro atoms. The average molecular weight is 396 g/mol. The van der Waals surface area contributed by atoms with Crippen molar-refractivity contribution in [3.05, 3.63) is 53.7 Å². The number of aromatic nitrogens is 1. The van der Waals surface area contributed by atoms with Crippen molar-refractivity contribution in [2.45, 2.75) is 39.5 Å². The summed E-state index contributed by atoms with van der Waals surface area (Å²) in [4.78, 5) is 31.2. The van der Waals surface area contributed by atoms with Crippen LogP contribution in [0.2, 0.25) is 0 Å². The molecule has 2 amide bonds. The van der Waals surface area contributed by atoms with Crippen LogP contribution < -0.4 is 10.1 Å². The minimum Gasteiger partial charge on any atom is -0.484 e. The first-order valence-electron chi connectivity index (χ1n) is 10.2. The molecule has 29 heavy (non-hydrogen) atoms. The van der Waals surface area contributed by atoms with Crippen molar-refractivity contribution in [2.75, 3.05) is 25.0 Å². The molecule has 1 aliphatic heterocycles. The van der Waals surface area contributed by atoms with Gasteiger partial charge in [-0.2, -0.15) is 0 Å². The molecule has 1 aromatic carbocycles. The molecule has 0 radical (unpaired) electrons. The van der Waals surface area contributed by atoms with Gasteiger partial charge < -0.3 is 15.0 Å². The van der Waals surface area contributed by atoms with E-state index < -0.39 is 0 Å². The van der Waals surface area contributed by atoms with Crippen LogP contribution in [0.25, 0.3) is 0 Å². The van der Waals surface area contributed by atoms with Gasteiger partial charge in [-0.1, -0.05) is 32.0 Å².